The molecule has 0 aromatic heterocycles. The van der Waals surface area contributed by atoms with Crippen molar-refractivity contribution in [2.45, 2.75) is 5.41 Å². The van der Waals surface area contributed by atoms with Gasteiger partial charge in [0.25, 0.3) is 0 Å². The molecule has 1 aliphatic carbocycles. The molecule has 0 saturated carbocycles. The van der Waals surface area contributed by atoms with E-state index in [9.17, 15) is 0 Å². The van der Waals surface area contributed by atoms with E-state index in [1.54, 1.807) is 0 Å². The lowest BCUT2D eigenvalue weighted by Gasteiger charge is -2.34. The molecule has 1 nitrogen and oxygen atoms in total. The molecular weight excluding hydrogens is 843 g/mol. The van der Waals surface area contributed by atoms with E-state index >= 15 is 0 Å². The summed E-state index contributed by atoms with van der Waals surface area (Å²) in [4.78, 5) is 2.45. The van der Waals surface area contributed by atoms with Crippen molar-refractivity contribution in [3.05, 3.63) is 307 Å². The van der Waals surface area contributed by atoms with Gasteiger partial charge in [0.2, 0.25) is 0 Å². The van der Waals surface area contributed by atoms with Crippen LogP contribution in [0.1, 0.15) is 22.3 Å². The molecular formula is C69H47N. The predicted molar refractivity (Wildman–Crippen MR) is 295 cm³/mol. The second-order valence-electron chi connectivity index (χ2n) is 18.3. The van der Waals surface area contributed by atoms with Gasteiger partial charge in [0, 0.05) is 16.9 Å². The Kier molecular flexibility index (Phi) is 10.1. The van der Waals surface area contributed by atoms with Crippen LogP contribution in [-0.2, 0) is 5.41 Å². The molecule has 328 valence electrons. The van der Waals surface area contributed by atoms with Crippen LogP contribution < -0.4 is 4.90 Å². The van der Waals surface area contributed by atoms with Crippen LogP contribution in [-0.4, -0.2) is 0 Å². The van der Waals surface area contributed by atoms with Crippen LogP contribution in [0.25, 0.3) is 77.2 Å². The average Bonchev–Trinajstić information content (AvgIpc) is 3.75. The van der Waals surface area contributed by atoms with Crippen LogP contribution >= 0.6 is 0 Å². The van der Waals surface area contributed by atoms with E-state index < -0.39 is 5.41 Å². The average molecular weight is 890 g/mol. The maximum absolute atomic E-state index is 2.45. The summed E-state index contributed by atoms with van der Waals surface area (Å²) < 4.78 is 0. The van der Waals surface area contributed by atoms with Crippen molar-refractivity contribution in [1.82, 2.24) is 0 Å². The first-order valence-corrected chi connectivity index (χ1v) is 24.2. The standard InChI is InChI=1S/C69H47N/c1-3-18-51(19-4-1)60-31-16-22-53-23-17-32-64(68(53)60)63-29-11-14-35-67(63)70(56-44-40-49(41-45-56)48-36-38-52(39-37-48)59-30-15-21-50-20-7-8-26-58(50)59)57-46-42-55(43-47-57)69(54-24-5-2-6-25-54)65-33-12-9-27-61(65)62-28-10-13-34-66(62)69/h1-47H. The fraction of sp³-hybridized carbons (Fsp3) is 0.0145. The van der Waals surface area contributed by atoms with Crippen molar-refractivity contribution in [3.8, 4) is 55.6 Å². The topological polar surface area (TPSA) is 3.24 Å². The zero-order valence-corrected chi connectivity index (χ0v) is 38.6. The molecule has 0 amide bonds. The summed E-state index contributed by atoms with van der Waals surface area (Å²) in [6, 6.07) is 105. The maximum Gasteiger partial charge on any atom is 0.0713 e. The number of anilines is 3. The van der Waals surface area contributed by atoms with Crippen molar-refractivity contribution in [3.63, 3.8) is 0 Å². The van der Waals surface area contributed by atoms with Crippen LogP contribution in [0.2, 0.25) is 0 Å². The number of fused-ring (bicyclic) bond motifs is 5. The highest BCUT2D eigenvalue weighted by molar-refractivity contribution is 6.09. The molecule has 0 spiro atoms. The molecule has 0 unspecified atom stereocenters. The first-order valence-electron chi connectivity index (χ1n) is 24.2. The number of para-hydroxylation sites is 1. The summed E-state index contributed by atoms with van der Waals surface area (Å²) in [7, 11) is 0. The Morgan fingerprint density at radius 1 is 0.243 bits per heavy atom. The Morgan fingerprint density at radius 2 is 0.671 bits per heavy atom. The van der Waals surface area contributed by atoms with Crippen LogP contribution in [0.15, 0.2) is 285 Å². The van der Waals surface area contributed by atoms with Crippen molar-refractivity contribution in [2.24, 2.45) is 0 Å². The zero-order valence-electron chi connectivity index (χ0n) is 38.6. The Morgan fingerprint density at radius 3 is 1.34 bits per heavy atom. The normalized spacial score (nSPS) is 12.4. The molecule has 0 N–H and O–H groups in total. The SMILES string of the molecule is c1ccc(-c2cccc3cccc(-c4ccccc4N(c4ccc(-c5ccc(-c6cccc7ccccc67)cc5)cc4)c4ccc(C5(c6ccccc6)c6ccccc6-c6ccccc65)cc4)c23)cc1. The molecule has 1 heteroatoms. The molecule has 0 radical (unpaired) electrons. The molecule has 12 aromatic carbocycles. The molecule has 0 bridgehead atoms. The summed E-state index contributed by atoms with van der Waals surface area (Å²) in [5.74, 6) is 0. The van der Waals surface area contributed by atoms with Crippen molar-refractivity contribution >= 4 is 38.6 Å². The summed E-state index contributed by atoms with van der Waals surface area (Å²) in [5, 5.41) is 4.97. The van der Waals surface area contributed by atoms with Crippen LogP contribution in [0.4, 0.5) is 17.1 Å². The zero-order chi connectivity index (χ0) is 46.4. The summed E-state index contributed by atoms with van der Waals surface area (Å²) in [6.45, 7) is 0. The highest BCUT2D eigenvalue weighted by Gasteiger charge is 2.45. The van der Waals surface area contributed by atoms with Gasteiger partial charge in [0.15, 0.2) is 0 Å². The fourth-order valence-electron chi connectivity index (χ4n) is 11.4. The Hall–Kier alpha value is -9.04. The number of nitrogens with zero attached hydrogens (tertiary/aromatic N) is 1. The van der Waals surface area contributed by atoms with Gasteiger partial charge < -0.3 is 4.90 Å². The lowest BCUT2D eigenvalue weighted by Crippen LogP contribution is -2.28. The number of benzene rings is 12. The third kappa shape index (κ3) is 6.78. The van der Waals surface area contributed by atoms with E-state index in [0.717, 1.165) is 22.6 Å². The third-order valence-electron chi connectivity index (χ3n) is 14.6. The first-order chi connectivity index (χ1) is 34.7. The van der Waals surface area contributed by atoms with Crippen molar-refractivity contribution in [1.29, 1.82) is 0 Å². The Bertz CT molecular complexity index is 3800. The van der Waals surface area contributed by atoms with Gasteiger partial charge in [-0.25, -0.2) is 0 Å². The van der Waals surface area contributed by atoms with Crippen molar-refractivity contribution in [2.75, 3.05) is 4.90 Å². The second kappa shape index (κ2) is 17.2. The Labute approximate surface area is 409 Å². The molecule has 70 heavy (non-hydrogen) atoms. The van der Waals surface area contributed by atoms with E-state index in [2.05, 4.69) is 290 Å². The minimum Gasteiger partial charge on any atom is -0.310 e. The second-order valence-corrected chi connectivity index (χ2v) is 18.3. The Balaban J connectivity index is 0.966. The lowest BCUT2D eigenvalue weighted by molar-refractivity contribution is 0.768. The quantitative estimate of drug-likeness (QED) is 0.140. The van der Waals surface area contributed by atoms with Gasteiger partial charge in [-0.05, 0) is 124 Å². The molecule has 1 aliphatic rings. The van der Waals surface area contributed by atoms with Gasteiger partial charge in [-0.2, -0.15) is 0 Å². The van der Waals surface area contributed by atoms with Gasteiger partial charge in [-0.3, -0.25) is 0 Å². The highest BCUT2D eigenvalue weighted by atomic mass is 15.1. The summed E-state index contributed by atoms with van der Waals surface area (Å²) >= 11 is 0. The largest absolute Gasteiger partial charge is 0.310 e. The molecule has 12 aromatic rings. The van der Waals surface area contributed by atoms with Gasteiger partial charge in [0.1, 0.15) is 0 Å². The van der Waals surface area contributed by atoms with Gasteiger partial charge in [-0.15, -0.1) is 0 Å². The van der Waals surface area contributed by atoms with Crippen LogP contribution in [0.5, 0.6) is 0 Å². The summed E-state index contributed by atoms with van der Waals surface area (Å²) in [6.07, 6.45) is 0. The molecule has 0 heterocycles. The maximum atomic E-state index is 2.45. The van der Waals surface area contributed by atoms with Gasteiger partial charge >= 0.3 is 0 Å². The predicted octanol–water partition coefficient (Wildman–Crippen LogP) is 18.5. The van der Waals surface area contributed by atoms with Crippen LogP contribution in [0.3, 0.4) is 0 Å². The van der Waals surface area contributed by atoms with E-state index in [1.165, 1.54) is 93.9 Å². The number of rotatable bonds is 9. The van der Waals surface area contributed by atoms with Crippen LogP contribution in [0, 0.1) is 0 Å². The van der Waals surface area contributed by atoms with Gasteiger partial charge in [-0.1, -0.05) is 255 Å². The molecule has 0 fully saturated rings. The molecule has 0 aliphatic heterocycles. The molecule has 0 atom stereocenters. The fourth-order valence-corrected chi connectivity index (χ4v) is 11.4. The van der Waals surface area contributed by atoms with E-state index in [-0.39, 0.29) is 0 Å². The lowest BCUT2D eigenvalue weighted by atomic mass is 9.68. The number of hydrogen-bond acceptors (Lipinski definition) is 1. The smallest absolute Gasteiger partial charge is 0.0713 e. The molecule has 13 rings (SSSR count). The number of hydrogen-bond donors (Lipinski definition) is 0. The molecule has 0 saturated heterocycles. The highest BCUT2D eigenvalue weighted by Crippen LogP contribution is 2.56. The minimum absolute atomic E-state index is 0.489. The first kappa shape index (κ1) is 41.2. The van der Waals surface area contributed by atoms with E-state index in [0.29, 0.717) is 0 Å². The van der Waals surface area contributed by atoms with Crippen molar-refractivity contribution < 1.29 is 0 Å². The van der Waals surface area contributed by atoms with Gasteiger partial charge in [0.05, 0.1) is 11.1 Å². The minimum atomic E-state index is -0.489. The monoisotopic (exact) mass is 889 g/mol. The third-order valence-corrected chi connectivity index (χ3v) is 14.6. The summed E-state index contributed by atoms with van der Waals surface area (Å²) in [5.41, 5.74) is 20.0. The van der Waals surface area contributed by atoms with E-state index in [1.807, 2.05) is 0 Å². The van der Waals surface area contributed by atoms with E-state index in [4.69, 9.17) is 0 Å².